The van der Waals surface area contributed by atoms with Gasteiger partial charge in [0, 0.05) is 17.1 Å². The van der Waals surface area contributed by atoms with Crippen LogP contribution in [0.25, 0.3) is 0 Å². The molecule has 0 saturated heterocycles. The number of anilines is 2. The molecule has 3 atom stereocenters. The molecule has 3 unspecified atom stereocenters. The first-order chi connectivity index (χ1) is 17.9. The Morgan fingerprint density at radius 2 is 1.29 bits per heavy atom. The largest absolute Gasteiger partial charge is 0.400 e. The molecule has 1 fully saturated rings. The lowest BCUT2D eigenvalue weighted by Gasteiger charge is -2.66. The van der Waals surface area contributed by atoms with Crippen molar-refractivity contribution in [2.24, 2.45) is 11.7 Å². The van der Waals surface area contributed by atoms with E-state index in [1.54, 1.807) is 0 Å². The van der Waals surface area contributed by atoms with E-state index in [1.807, 2.05) is 0 Å². The van der Waals surface area contributed by atoms with Crippen molar-refractivity contribution >= 4 is 164 Å². The third-order valence-electron chi connectivity index (χ3n) is 7.05. The molecule has 1 saturated carbocycles. The number of hydrogen-bond acceptors (Lipinski definition) is 6. The van der Waals surface area contributed by atoms with Crippen LogP contribution in [0.5, 0.6) is 0 Å². The van der Waals surface area contributed by atoms with Crippen molar-refractivity contribution in [1.82, 2.24) is 9.97 Å². The molecule has 25 heteroatoms. The predicted octanol–water partition coefficient (Wildman–Crippen LogP) is -7.60. The highest BCUT2D eigenvalue weighted by atomic mass is 16.3. The summed E-state index contributed by atoms with van der Waals surface area (Å²) in [7, 11) is 107. The average molecular weight is 498 g/mol. The van der Waals surface area contributed by atoms with Crippen LogP contribution in [0.4, 0.5) is 11.8 Å². The molecular weight excluding hydrogens is 489 g/mol. The fourth-order valence-electron chi connectivity index (χ4n) is 5.26. The lowest BCUT2D eigenvalue weighted by atomic mass is 9.12. The highest BCUT2D eigenvalue weighted by Crippen LogP contribution is 2.61. The maximum Gasteiger partial charge on any atom is 0.253 e. The molecule has 1 aromatic rings. The van der Waals surface area contributed by atoms with Gasteiger partial charge in [-0.05, 0) is 17.9 Å². The van der Waals surface area contributed by atoms with E-state index in [1.165, 1.54) is 0 Å². The minimum atomic E-state index is -2.75. The molecule has 0 aromatic carbocycles. The second kappa shape index (κ2) is 10.7. The molecule has 1 aliphatic carbocycles. The van der Waals surface area contributed by atoms with Crippen LogP contribution in [0.1, 0.15) is 16.8 Å². The number of amides is 1. The van der Waals surface area contributed by atoms with E-state index in [0.717, 1.165) is 0 Å². The van der Waals surface area contributed by atoms with Crippen molar-refractivity contribution in [3.63, 3.8) is 0 Å². The summed E-state index contributed by atoms with van der Waals surface area (Å²) in [5, 5.41) is 1.82. The van der Waals surface area contributed by atoms with Gasteiger partial charge in [0.2, 0.25) is 5.95 Å². The lowest BCUT2D eigenvalue weighted by Crippen LogP contribution is -2.68. The molecule has 36 radical (unpaired) electrons. The van der Waals surface area contributed by atoms with Crippen molar-refractivity contribution in [1.29, 1.82) is 0 Å². The zero-order valence-corrected chi connectivity index (χ0v) is 22.1. The van der Waals surface area contributed by atoms with Gasteiger partial charge in [-0.2, -0.15) is 4.98 Å². The van der Waals surface area contributed by atoms with Gasteiger partial charge in [0.05, 0.1) is 131 Å². The Balaban J connectivity index is 2.78. The van der Waals surface area contributed by atoms with E-state index in [4.69, 9.17) is 147 Å². The van der Waals surface area contributed by atoms with E-state index in [2.05, 4.69) is 20.6 Å². The summed E-state index contributed by atoms with van der Waals surface area (Å²) in [6.07, 6.45) is -0.446. The minimum Gasteiger partial charge on any atom is -0.400 e. The van der Waals surface area contributed by atoms with Crippen LogP contribution < -0.4 is 22.0 Å². The van der Waals surface area contributed by atoms with Crippen LogP contribution in [0.3, 0.4) is 0 Å². The maximum atomic E-state index is 12.3. The van der Waals surface area contributed by atoms with E-state index < -0.39 is 89.1 Å². The number of carbonyl (C=O) groups is 1. The summed E-state index contributed by atoms with van der Waals surface area (Å²) in [6.45, 7) is 0. The Kier molecular flexibility index (Phi) is 9.53. The topological polar surface area (TPSA) is 113 Å². The lowest BCUT2D eigenvalue weighted by molar-refractivity contribution is 0.00278. The van der Waals surface area contributed by atoms with Gasteiger partial charge in [0.1, 0.15) is 21.5 Å². The normalized spacial score (nSPS) is 25.1. The summed E-state index contributed by atoms with van der Waals surface area (Å²) in [5.74, 6) is -3.96. The first kappa shape index (κ1) is 36.5. The Hall–Kier alpha value is -0.721. The van der Waals surface area contributed by atoms with Crippen molar-refractivity contribution < 1.29 is 9.90 Å². The fraction of sp³-hybridized carbons (Fsp3) is 0.688. The summed E-state index contributed by atoms with van der Waals surface area (Å²) in [6, 6.07) is -1.44. The molecule has 164 valence electrons. The number of aliphatic hydroxyl groups is 1. The SMILES string of the molecule is [B]c1nc(NC(C([B])([B])[B])(C([B])([B])[B])C([B])([B])[B])nc(NC2CC([B])([B])C(C([B])([B])[B])C([B])(O)C2([B])[B])c1C(N)=O. The van der Waals surface area contributed by atoms with E-state index in [-0.39, 0.29) is 0 Å². The number of primary amides is 1. The quantitative estimate of drug-likeness (QED) is 0.252. The van der Waals surface area contributed by atoms with Gasteiger partial charge in [0.15, 0.2) is 0 Å². The van der Waals surface area contributed by atoms with Gasteiger partial charge in [-0.1, -0.05) is 10.4 Å². The van der Waals surface area contributed by atoms with Crippen molar-refractivity contribution in [2.45, 2.75) is 54.4 Å². The standard InChI is InChI=1S/C16H9B18N5O2/c17-4-3(5(35)40)6(36-2-1-9(18,19)7(12(23,24)25)11(22,41)10(2,20)21)38-8(37-4)39-13(14(26,27)28,15(29,30)31)16(32,33)34/h2,7,41H,1H2,(H2,35,40)(H2,36,37,38,39). The van der Waals surface area contributed by atoms with Crippen molar-refractivity contribution in [3.05, 3.63) is 5.56 Å². The molecule has 5 N–H and O–H groups in total. The average Bonchev–Trinajstić information content (AvgIpc) is 2.65. The molecular formula is C16H9B18N5O2. The van der Waals surface area contributed by atoms with Crippen LogP contribution in [-0.2, 0) is 0 Å². The third-order valence-corrected chi connectivity index (χ3v) is 7.05. The van der Waals surface area contributed by atoms with Crippen LogP contribution >= 0.6 is 0 Å². The van der Waals surface area contributed by atoms with E-state index in [9.17, 15) is 9.90 Å². The number of nitrogens with one attached hydrogen (secondary N) is 2. The summed E-state index contributed by atoms with van der Waals surface area (Å²) in [4.78, 5) is 20.3. The molecule has 1 aromatic heterocycles. The number of nitrogens with zero attached hydrogens (tertiary/aromatic N) is 2. The van der Waals surface area contributed by atoms with Crippen LogP contribution in [0, 0.1) is 5.92 Å². The first-order valence-corrected chi connectivity index (χ1v) is 11.5. The molecule has 1 heterocycles. The maximum absolute atomic E-state index is 12.3. The molecule has 0 aliphatic heterocycles. The third kappa shape index (κ3) is 6.27. The number of carbonyl (C=O) groups excluding carboxylic acids is 1. The smallest absolute Gasteiger partial charge is 0.253 e. The summed E-state index contributed by atoms with van der Waals surface area (Å²) < 4.78 is 0. The summed E-state index contributed by atoms with van der Waals surface area (Å²) in [5.41, 5.74) is -1.01. The number of rotatable bonds is 9. The Labute approximate surface area is 265 Å². The molecule has 0 spiro atoms. The second-order valence-electron chi connectivity index (χ2n) is 10.9. The molecule has 0 bridgehead atoms. The van der Waals surface area contributed by atoms with Crippen molar-refractivity contribution in [3.8, 4) is 0 Å². The van der Waals surface area contributed by atoms with Gasteiger partial charge >= 0.3 is 0 Å². The summed E-state index contributed by atoms with van der Waals surface area (Å²) >= 11 is 0. The zero-order valence-electron chi connectivity index (χ0n) is 22.1. The van der Waals surface area contributed by atoms with Gasteiger partial charge < -0.3 is 21.5 Å². The molecule has 2 rings (SSSR count). The highest BCUT2D eigenvalue weighted by molar-refractivity contribution is 6.71. The number of aromatic nitrogens is 2. The molecule has 7 nitrogen and oxygen atoms in total. The van der Waals surface area contributed by atoms with Gasteiger partial charge in [0.25, 0.3) is 5.91 Å². The fourth-order valence-corrected chi connectivity index (χ4v) is 5.26. The van der Waals surface area contributed by atoms with Crippen LogP contribution in [0.2, 0.25) is 30.9 Å². The van der Waals surface area contributed by atoms with Gasteiger partial charge in [-0.15, -0.1) is 20.5 Å². The highest BCUT2D eigenvalue weighted by Gasteiger charge is 2.60. The zero-order chi connectivity index (χ0) is 32.6. The Morgan fingerprint density at radius 3 is 1.66 bits per heavy atom. The van der Waals surface area contributed by atoms with Crippen molar-refractivity contribution in [2.75, 3.05) is 10.6 Å². The molecule has 1 aliphatic rings. The van der Waals surface area contributed by atoms with E-state index in [0.29, 0.717) is 0 Å². The predicted molar refractivity (Wildman–Crippen MR) is 177 cm³/mol. The second-order valence-corrected chi connectivity index (χ2v) is 10.9. The minimum absolute atomic E-state index is 0.446. The molecule has 1 amide bonds. The van der Waals surface area contributed by atoms with Crippen LogP contribution in [0.15, 0.2) is 0 Å². The van der Waals surface area contributed by atoms with Crippen LogP contribution in [-0.4, -0.2) is 179 Å². The van der Waals surface area contributed by atoms with Gasteiger partial charge in [-0.3, -0.25) is 4.79 Å². The number of hydrogen-bond donors (Lipinski definition) is 4. The first-order valence-electron chi connectivity index (χ1n) is 11.5. The molecule has 41 heavy (non-hydrogen) atoms. The number of nitrogens with two attached hydrogens (primary N) is 1. The van der Waals surface area contributed by atoms with Gasteiger partial charge in [-0.25, -0.2) is 4.98 Å². The Morgan fingerprint density at radius 1 is 0.854 bits per heavy atom. The Bertz CT molecular complexity index is 1140. The monoisotopic (exact) mass is 501 g/mol. The van der Waals surface area contributed by atoms with E-state index >= 15 is 0 Å².